The molecule has 0 bridgehead atoms. The van der Waals surface area contributed by atoms with Gasteiger partial charge in [0.15, 0.2) is 5.76 Å². The Hall–Kier alpha value is -3.86. The number of carbonyl (C=O) groups excluding carboxylic acids is 2. The number of benzene rings is 3. The number of para-hydroxylation sites is 1. The summed E-state index contributed by atoms with van der Waals surface area (Å²) in [7, 11) is 0. The van der Waals surface area contributed by atoms with Crippen LogP contribution in [-0.4, -0.2) is 21.5 Å². The molecule has 0 saturated carbocycles. The minimum Gasteiger partial charge on any atom is -0.502 e. The van der Waals surface area contributed by atoms with Gasteiger partial charge in [-0.3, -0.25) is 9.59 Å². The van der Waals surface area contributed by atoms with Crippen molar-refractivity contribution in [1.29, 1.82) is 0 Å². The highest BCUT2D eigenvalue weighted by atomic mass is 16.3. The Kier molecular flexibility index (Phi) is 4.00. The van der Waals surface area contributed by atoms with Crippen molar-refractivity contribution >= 4 is 44.9 Å². The van der Waals surface area contributed by atoms with Crippen LogP contribution in [0.1, 0.15) is 18.1 Å². The maximum absolute atomic E-state index is 13.2. The number of aliphatic hydroxyl groups excluding tert-OH is 1. The van der Waals surface area contributed by atoms with Crippen molar-refractivity contribution in [2.75, 3.05) is 4.90 Å². The minimum atomic E-state index is -0.700. The molecule has 5 heteroatoms. The second kappa shape index (κ2) is 6.59. The standard InChI is InChI=1S/C25H20N2O3/c1-3-26-20-7-5-4-6-18(20)19-14-17(12-13-21(19)26)27-24(29)22(23(28)25(27)30)16-10-8-15(2)9-11-16/h4-14,28H,3H2,1-2H3. The van der Waals surface area contributed by atoms with Crippen LogP contribution in [0.2, 0.25) is 0 Å². The number of anilines is 1. The van der Waals surface area contributed by atoms with E-state index in [0.717, 1.165) is 38.8 Å². The lowest BCUT2D eigenvalue weighted by molar-refractivity contribution is -0.121. The molecule has 2 amide bonds. The molecule has 3 aromatic carbocycles. The summed E-state index contributed by atoms with van der Waals surface area (Å²) in [4.78, 5) is 27.0. The zero-order valence-corrected chi connectivity index (χ0v) is 16.7. The maximum Gasteiger partial charge on any atom is 0.301 e. The molecular formula is C25H20N2O3. The molecule has 2 heterocycles. The SMILES string of the molecule is CCn1c2ccccc2c2cc(N3C(=O)C(O)=C(c4ccc(C)cc4)C3=O)ccc21. The molecule has 0 radical (unpaired) electrons. The first-order chi connectivity index (χ1) is 14.5. The van der Waals surface area contributed by atoms with Gasteiger partial charge in [-0.15, -0.1) is 0 Å². The van der Waals surface area contributed by atoms with E-state index in [9.17, 15) is 14.7 Å². The number of hydrogen-bond acceptors (Lipinski definition) is 3. The van der Waals surface area contributed by atoms with E-state index in [4.69, 9.17) is 0 Å². The predicted molar refractivity (Wildman–Crippen MR) is 118 cm³/mol. The average molecular weight is 396 g/mol. The van der Waals surface area contributed by atoms with Gasteiger partial charge in [0.25, 0.3) is 5.91 Å². The van der Waals surface area contributed by atoms with Crippen molar-refractivity contribution in [2.45, 2.75) is 20.4 Å². The minimum absolute atomic E-state index is 0.0380. The number of aryl methyl sites for hydroxylation is 2. The Morgan fingerprint density at radius 1 is 0.833 bits per heavy atom. The first-order valence-electron chi connectivity index (χ1n) is 9.91. The molecular weight excluding hydrogens is 376 g/mol. The summed E-state index contributed by atoms with van der Waals surface area (Å²) in [5, 5.41) is 12.5. The Balaban J connectivity index is 1.64. The summed E-state index contributed by atoms with van der Waals surface area (Å²) in [5.74, 6) is -1.73. The van der Waals surface area contributed by atoms with Crippen molar-refractivity contribution in [2.24, 2.45) is 0 Å². The lowest BCUT2D eigenvalue weighted by Crippen LogP contribution is -2.31. The van der Waals surface area contributed by atoms with Crippen LogP contribution >= 0.6 is 0 Å². The topological polar surface area (TPSA) is 62.5 Å². The molecule has 0 atom stereocenters. The molecule has 1 aliphatic heterocycles. The van der Waals surface area contributed by atoms with E-state index in [1.807, 2.05) is 49.4 Å². The Labute approximate surface area is 173 Å². The normalized spacial score (nSPS) is 14.5. The number of hydrogen-bond donors (Lipinski definition) is 1. The first kappa shape index (κ1) is 18.2. The Morgan fingerprint density at radius 3 is 2.27 bits per heavy atom. The van der Waals surface area contributed by atoms with E-state index in [1.165, 1.54) is 0 Å². The number of amides is 2. The van der Waals surface area contributed by atoms with Gasteiger partial charge in [0, 0.05) is 28.4 Å². The van der Waals surface area contributed by atoms with Gasteiger partial charge in [-0.2, -0.15) is 0 Å². The summed E-state index contributed by atoms with van der Waals surface area (Å²) in [6.07, 6.45) is 0. The molecule has 5 rings (SSSR count). The fourth-order valence-electron chi connectivity index (χ4n) is 4.25. The molecule has 0 saturated heterocycles. The number of aromatic nitrogens is 1. The van der Waals surface area contributed by atoms with Gasteiger partial charge in [-0.25, -0.2) is 4.90 Å². The van der Waals surface area contributed by atoms with Gasteiger partial charge in [0.2, 0.25) is 0 Å². The highest BCUT2D eigenvalue weighted by Crippen LogP contribution is 2.36. The fraction of sp³-hybridized carbons (Fsp3) is 0.120. The molecule has 0 unspecified atom stereocenters. The zero-order chi connectivity index (χ0) is 21.0. The number of fused-ring (bicyclic) bond motifs is 3. The van der Waals surface area contributed by atoms with E-state index in [-0.39, 0.29) is 5.57 Å². The molecule has 0 fully saturated rings. The molecule has 148 valence electrons. The maximum atomic E-state index is 13.2. The van der Waals surface area contributed by atoms with Crippen LogP contribution in [0.15, 0.2) is 72.5 Å². The van der Waals surface area contributed by atoms with Gasteiger partial charge in [-0.1, -0.05) is 48.0 Å². The van der Waals surface area contributed by atoms with Crippen LogP contribution in [0.3, 0.4) is 0 Å². The van der Waals surface area contributed by atoms with Gasteiger partial charge in [0.1, 0.15) is 0 Å². The summed E-state index contributed by atoms with van der Waals surface area (Å²) in [6.45, 7) is 4.84. The highest BCUT2D eigenvalue weighted by molar-refractivity contribution is 6.45. The number of nitrogens with zero attached hydrogens (tertiary/aromatic N) is 2. The number of aliphatic hydroxyl groups is 1. The monoisotopic (exact) mass is 396 g/mol. The lowest BCUT2D eigenvalue weighted by atomic mass is 10.0. The van der Waals surface area contributed by atoms with Crippen LogP contribution in [-0.2, 0) is 16.1 Å². The summed E-state index contributed by atoms with van der Waals surface area (Å²) in [6, 6.07) is 20.8. The molecule has 0 spiro atoms. The van der Waals surface area contributed by atoms with Crippen LogP contribution < -0.4 is 4.90 Å². The molecule has 1 aliphatic rings. The number of imide groups is 1. The number of carbonyl (C=O) groups is 2. The third-order valence-electron chi connectivity index (χ3n) is 5.73. The van der Waals surface area contributed by atoms with Crippen LogP contribution in [0, 0.1) is 6.92 Å². The van der Waals surface area contributed by atoms with Crippen LogP contribution in [0.25, 0.3) is 27.4 Å². The van der Waals surface area contributed by atoms with Gasteiger partial charge in [-0.05, 0) is 43.7 Å². The van der Waals surface area contributed by atoms with Gasteiger partial charge < -0.3 is 9.67 Å². The van der Waals surface area contributed by atoms with E-state index in [2.05, 4.69) is 17.6 Å². The van der Waals surface area contributed by atoms with Crippen LogP contribution in [0.5, 0.6) is 0 Å². The first-order valence-corrected chi connectivity index (χ1v) is 9.91. The predicted octanol–water partition coefficient (Wildman–Crippen LogP) is 4.97. The number of rotatable bonds is 3. The quantitative estimate of drug-likeness (QED) is 0.498. The molecule has 5 nitrogen and oxygen atoms in total. The highest BCUT2D eigenvalue weighted by Gasteiger charge is 2.40. The average Bonchev–Trinajstić information content (AvgIpc) is 3.19. The van der Waals surface area contributed by atoms with Crippen molar-refractivity contribution in [1.82, 2.24) is 4.57 Å². The van der Waals surface area contributed by atoms with Gasteiger partial charge >= 0.3 is 5.91 Å². The van der Waals surface area contributed by atoms with Crippen molar-refractivity contribution in [3.63, 3.8) is 0 Å². The molecule has 1 N–H and O–H groups in total. The largest absolute Gasteiger partial charge is 0.502 e. The lowest BCUT2D eigenvalue weighted by Gasteiger charge is -2.15. The van der Waals surface area contributed by atoms with Crippen LogP contribution in [0.4, 0.5) is 5.69 Å². The summed E-state index contributed by atoms with van der Waals surface area (Å²) >= 11 is 0. The second-order valence-corrected chi connectivity index (χ2v) is 7.50. The zero-order valence-electron chi connectivity index (χ0n) is 16.7. The summed E-state index contributed by atoms with van der Waals surface area (Å²) in [5.41, 5.74) is 4.19. The molecule has 30 heavy (non-hydrogen) atoms. The van der Waals surface area contributed by atoms with E-state index < -0.39 is 17.6 Å². The fourth-order valence-corrected chi connectivity index (χ4v) is 4.25. The Bertz CT molecular complexity index is 1380. The van der Waals surface area contributed by atoms with Crippen molar-refractivity contribution in [3.05, 3.63) is 83.6 Å². The molecule has 4 aromatic rings. The second-order valence-electron chi connectivity index (χ2n) is 7.50. The smallest absolute Gasteiger partial charge is 0.301 e. The van der Waals surface area contributed by atoms with E-state index in [0.29, 0.717) is 11.3 Å². The third-order valence-corrected chi connectivity index (χ3v) is 5.73. The Morgan fingerprint density at radius 2 is 1.53 bits per heavy atom. The third kappa shape index (κ3) is 2.48. The van der Waals surface area contributed by atoms with Gasteiger partial charge in [0.05, 0.1) is 11.3 Å². The van der Waals surface area contributed by atoms with Crippen molar-refractivity contribution in [3.8, 4) is 0 Å². The molecule has 0 aliphatic carbocycles. The molecule has 1 aromatic heterocycles. The van der Waals surface area contributed by atoms with E-state index >= 15 is 0 Å². The summed E-state index contributed by atoms with van der Waals surface area (Å²) < 4.78 is 2.20. The van der Waals surface area contributed by atoms with Crippen molar-refractivity contribution < 1.29 is 14.7 Å². The van der Waals surface area contributed by atoms with E-state index in [1.54, 1.807) is 18.2 Å².